The summed E-state index contributed by atoms with van der Waals surface area (Å²) in [6, 6.07) is 8.53. The maximum absolute atomic E-state index is 5.76. The lowest BCUT2D eigenvalue weighted by molar-refractivity contribution is 0.278. The van der Waals surface area contributed by atoms with Crippen LogP contribution in [0.2, 0.25) is 0 Å². The van der Waals surface area contributed by atoms with Gasteiger partial charge in [0.15, 0.2) is 0 Å². The fraction of sp³-hybridized carbons (Fsp3) is 0.600. The van der Waals surface area contributed by atoms with Crippen LogP contribution in [0.3, 0.4) is 0 Å². The van der Waals surface area contributed by atoms with E-state index in [1.807, 2.05) is 0 Å². The van der Waals surface area contributed by atoms with Crippen LogP contribution in [0.15, 0.2) is 24.3 Å². The van der Waals surface area contributed by atoms with Crippen molar-refractivity contribution in [1.82, 2.24) is 4.90 Å². The van der Waals surface area contributed by atoms with Gasteiger partial charge in [-0.05, 0) is 43.5 Å². The molecule has 0 atom stereocenters. The van der Waals surface area contributed by atoms with Gasteiger partial charge in [0, 0.05) is 13.1 Å². The van der Waals surface area contributed by atoms with Gasteiger partial charge in [-0.15, -0.1) is 0 Å². The van der Waals surface area contributed by atoms with Crippen LogP contribution in [0, 0.1) is 0 Å². The summed E-state index contributed by atoms with van der Waals surface area (Å²) in [6.07, 6.45) is 3.59. The molecule has 2 N–H and O–H groups in total. The molecule has 0 saturated carbocycles. The average molecular weight is 234 g/mol. The molecule has 1 aromatic rings. The Bertz CT molecular complexity index is 304. The second-order valence-electron chi connectivity index (χ2n) is 4.56. The van der Waals surface area contributed by atoms with Crippen LogP contribution in [-0.4, -0.2) is 24.5 Å². The van der Waals surface area contributed by atoms with Gasteiger partial charge >= 0.3 is 0 Å². The Morgan fingerprint density at radius 2 is 1.53 bits per heavy atom. The van der Waals surface area contributed by atoms with Crippen molar-refractivity contribution in [3.63, 3.8) is 0 Å². The zero-order valence-corrected chi connectivity index (χ0v) is 11.3. The molecule has 0 radical (unpaired) electrons. The van der Waals surface area contributed by atoms with E-state index < -0.39 is 0 Å². The summed E-state index contributed by atoms with van der Waals surface area (Å²) in [4.78, 5) is 2.55. The zero-order valence-electron chi connectivity index (χ0n) is 11.3. The molecule has 0 aliphatic rings. The van der Waals surface area contributed by atoms with Crippen LogP contribution in [0.4, 0.5) is 0 Å². The third kappa shape index (κ3) is 4.88. The molecule has 0 aromatic heterocycles. The van der Waals surface area contributed by atoms with E-state index in [4.69, 9.17) is 5.73 Å². The Hall–Kier alpha value is -0.860. The van der Waals surface area contributed by atoms with Crippen LogP contribution < -0.4 is 5.73 Å². The summed E-state index contributed by atoms with van der Waals surface area (Å²) < 4.78 is 0. The van der Waals surface area contributed by atoms with Gasteiger partial charge in [0.2, 0.25) is 0 Å². The Kier molecular flexibility index (Phi) is 6.90. The lowest BCUT2D eigenvalue weighted by Gasteiger charge is -2.21. The predicted molar refractivity (Wildman–Crippen MR) is 75.1 cm³/mol. The van der Waals surface area contributed by atoms with Gasteiger partial charge in [-0.25, -0.2) is 0 Å². The van der Waals surface area contributed by atoms with E-state index in [-0.39, 0.29) is 0 Å². The first kappa shape index (κ1) is 14.2. The van der Waals surface area contributed by atoms with Gasteiger partial charge in [0.05, 0.1) is 0 Å². The number of rotatable bonds is 8. The highest BCUT2D eigenvalue weighted by Gasteiger charge is 2.05. The number of hydrogen-bond donors (Lipinski definition) is 1. The van der Waals surface area contributed by atoms with Gasteiger partial charge in [0.25, 0.3) is 0 Å². The molecule has 1 aromatic carbocycles. The van der Waals surface area contributed by atoms with E-state index in [9.17, 15) is 0 Å². The summed E-state index contributed by atoms with van der Waals surface area (Å²) >= 11 is 0. The predicted octanol–water partition coefficient (Wildman–Crippen LogP) is 2.81. The average Bonchev–Trinajstić information content (AvgIpc) is 2.37. The summed E-state index contributed by atoms with van der Waals surface area (Å²) in [7, 11) is 0. The lowest BCUT2D eigenvalue weighted by Crippen LogP contribution is -2.28. The van der Waals surface area contributed by atoms with Crippen molar-refractivity contribution in [2.75, 3.05) is 19.6 Å². The van der Waals surface area contributed by atoms with Crippen molar-refractivity contribution in [1.29, 1.82) is 0 Å². The molecule has 0 unspecified atom stereocenters. The molecule has 0 saturated heterocycles. The second-order valence-corrected chi connectivity index (χ2v) is 4.56. The van der Waals surface area contributed by atoms with Crippen molar-refractivity contribution in [3.05, 3.63) is 35.4 Å². The van der Waals surface area contributed by atoms with E-state index in [1.54, 1.807) is 0 Å². The van der Waals surface area contributed by atoms with Gasteiger partial charge in [-0.3, -0.25) is 0 Å². The van der Waals surface area contributed by atoms with Crippen LogP contribution >= 0.6 is 0 Å². The van der Waals surface area contributed by atoms with Crippen molar-refractivity contribution in [2.24, 2.45) is 5.73 Å². The third-order valence-electron chi connectivity index (χ3n) is 3.12. The third-order valence-corrected chi connectivity index (χ3v) is 3.12. The first-order valence-electron chi connectivity index (χ1n) is 6.81. The monoisotopic (exact) mass is 234 g/mol. The zero-order chi connectivity index (χ0) is 12.5. The Morgan fingerprint density at radius 3 is 2.06 bits per heavy atom. The molecule has 2 nitrogen and oxygen atoms in total. The molecule has 0 spiro atoms. The van der Waals surface area contributed by atoms with Crippen molar-refractivity contribution < 1.29 is 0 Å². The Balaban J connectivity index is 2.52. The maximum Gasteiger partial charge on any atom is 0.0180 e. The molecule has 96 valence electrons. The van der Waals surface area contributed by atoms with E-state index in [0.717, 1.165) is 13.0 Å². The molecule has 0 heterocycles. The van der Waals surface area contributed by atoms with Gasteiger partial charge in [-0.2, -0.15) is 0 Å². The SMILES string of the molecule is CCCN(CCC)CCc1ccccc1CN. The minimum absolute atomic E-state index is 0.651. The molecule has 17 heavy (non-hydrogen) atoms. The lowest BCUT2D eigenvalue weighted by atomic mass is 10.0. The van der Waals surface area contributed by atoms with E-state index in [2.05, 4.69) is 43.0 Å². The van der Waals surface area contributed by atoms with Gasteiger partial charge < -0.3 is 10.6 Å². The summed E-state index contributed by atoms with van der Waals surface area (Å²) in [5, 5.41) is 0. The largest absolute Gasteiger partial charge is 0.326 e. The first-order valence-corrected chi connectivity index (χ1v) is 6.81. The van der Waals surface area contributed by atoms with Gasteiger partial charge in [0.1, 0.15) is 0 Å². The standard InChI is InChI=1S/C15H26N2/c1-3-10-17(11-4-2)12-9-14-7-5-6-8-15(14)13-16/h5-8H,3-4,9-13,16H2,1-2H3. The molecule has 0 bridgehead atoms. The fourth-order valence-electron chi connectivity index (χ4n) is 2.25. The van der Waals surface area contributed by atoms with Crippen molar-refractivity contribution in [2.45, 2.75) is 39.7 Å². The molecular formula is C15H26N2. The van der Waals surface area contributed by atoms with E-state index >= 15 is 0 Å². The van der Waals surface area contributed by atoms with Crippen LogP contribution in [-0.2, 0) is 13.0 Å². The Labute approximate surface area is 106 Å². The highest BCUT2D eigenvalue weighted by Crippen LogP contribution is 2.09. The topological polar surface area (TPSA) is 29.3 Å². The highest BCUT2D eigenvalue weighted by atomic mass is 15.1. The normalized spacial score (nSPS) is 11.1. The van der Waals surface area contributed by atoms with Crippen molar-refractivity contribution >= 4 is 0 Å². The summed E-state index contributed by atoms with van der Waals surface area (Å²) in [6.45, 7) is 8.71. The van der Waals surface area contributed by atoms with E-state index in [0.29, 0.717) is 6.54 Å². The maximum atomic E-state index is 5.76. The number of nitrogens with two attached hydrogens (primary N) is 1. The quantitative estimate of drug-likeness (QED) is 0.749. The molecule has 2 heteroatoms. The van der Waals surface area contributed by atoms with Crippen molar-refractivity contribution in [3.8, 4) is 0 Å². The Morgan fingerprint density at radius 1 is 0.941 bits per heavy atom. The smallest absolute Gasteiger partial charge is 0.0180 e. The van der Waals surface area contributed by atoms with Crippen LogP contribution in [0.5, 0.6) is 0 Å². The molecule has 1 rings (SSSR count). The molecule has 0 amide bonds. The summed E-state index contributed by atoms with van der Waals surface area (Å²) in [5.74, 6) is 0. The molecule has 0 aliphatic heterocycles. The van der Waals surface area contributed by atoms with Crippen LogP contribution in [0.1, 0.15) is 37.8 Å². The minimum Gasteiger partial charge on any atom is -0.326 e. The number of benzene rings is 1. The number of nitrogens with zero attached hydrogens (tertiary/aromatic N) is 1. The van der Waals surface area contributed by atoms with Gasteiger partial charge in [-0.1, -0.05) is 38.1 Å². The number of hydrogen-bond acceptors (Lipinski definition) is 2. The van der Waals surface area contributed by atoms with E-state index in [1.165, 1.54) is 37.1 Å². The summed E-state index contributed by atoms with van der Waals surface area (Å²) in [5.41, 5.74) is 8.46. The minimum atomic E-state index is 0.651. The van der Waals surface area contributed by atoms with Crippen LogP contribution in [0.25, 0.3) is 0 Å². The molecule has 0 fully saturated rings. The molecule has 0 aliphatic carbocycles. The first-order chi connectivity index (χ1) is 8.31. The second kappa shape index (κ2) is 8.26. The highest BCUT2D eigenvalue weighted by molar-refractivity contribution is 5.27. The molecular weight excluding hydrogens is 208 g/mol. The fourth-order valence-corrected chi connectivity index (χ4v) is 2.25.